The Balaban J connectivity index is 1.82. The predicted octanol–water partition coefficient (Wildman–Crippen LogP) is 0.647. The van der Waals surface area contributed by atoms with Gasteiger partial charge in [0, 0.05) is 18.0 Å². The highest BCUT2D eigenvalue weighted by atomic mass is 15.3. The van der Waals surface area contributed by atoms with Crippen LogP contribution in [0.4, 0.5) is 0 Å². The number of aromatic nitrogens is 3. The van der Waals surface area contributed by atoms with Gasteiger partial charge in [-0.05, 0) is 25.7 Å². The Morgan fingerprint density at radius 3 is 2.92 bits per heavy atom. The average Bonchev–Trinajstić information content (AvgIpc) is 2.99. The normalized spacial score (nSPS) is 24.7. The quantitative estimate of drug-likeness (QED) is 0.739. The minimum absolute atomic E-state index is 0.0552. The number of nitrogens with zero attached hydrogens (tertiary/aromatic N) is 3. The van der Waals surface area contributed by atoms with Gasteiger partial charge in [0.15, 0.2) is 0 Å². The number of nitrogens with two attached hydrogens (primary N) is 1. The average molecular weight is 178 g/mol. The van der Waals surface area contributed by atoms with Crippen LogP contribution >= 0.6 is 0 Å². The van der Waals surface area contributed by atoms with Crippen molar-refractivity contribution in [3.05, 3.63) is 12.2 Å². The van der Waals surface area contributed by atoms with E-state index in [0.717, 1.165) is 25.1 Å². The van der Waals surface area contributed by atoms with E-state index in [4.69, 9.17) is 5.73 Å². The minimum Gasteiger partial charge on any atom is -0.325 e. The molecule has 2 aliphatic carbocycles. The Hall–Kier alpha value is -0.900. The fourth-order valence-electron chi connectivity index (χ4n) is 1.70. The van der Waals surface area contributed by atoms with E-state index < -0.39 is 0 Å². The highest BCUT2D eigenvalue weighted by Gasteiger charge is 2.40. The summed E-state index contributed by atoms with van der Waals surface area (Å²) in [5.74, 6) is 1.09. The molecule has 0 spiro atoms. The first-order chi connectivity index (χ1) is 6.27. The molecule has 2 fully saturated rings. The van der Waals surface area contributed by atoms with Crippen LogP contribution in [-0.2, 0) is 6.42 Å². The van der Waals surface area contributed by atoms with Crippen LogP contribution < -0.4 is 5.73 Å². The van der Waals surface area contributed by atoms with E-state index in [-0.39, 0.29) is 5.54 Å². The molecule has 0 radical (unpaired) electrons. The van der Waals surface area contributed by atoms with Crippen molar-refractivity contribution in [2.75, 3.05) is 0 Å². The lowest BCUT2D eigenvalue weighted by Crippen LogP contribution is -2.26. The molecule has 2 N–H and O–H groups in total. The molecule has 1 aromatic rings. The Bertz CT molecular complexity index is 322. The summed E-state index contributed by atoms with van der Waals surface area (Å²) in [5.41, 5.74) is 6.10. The van der Waals surface area contributed by atoms with Crippen LogP contribution in [0.3, 0.4) is 0 Å². The highest BCUT2D eigenvalue weighted by Crippen LogP contribution is 2.39. The molecule has 0 aliphatic heterocycles. The standard InChI is InChI=1S/C9H14N4/c10-9(3-4-9)5-8-12-11-6-13(8)7-1-2-7/h6-7H,1-5,10H2. The highest BCUT2D eigenvalue weighted by molar-refractivity contribution is 5.08. The molecule has 0 saturated heterocycles. The monoisotopic (exact) mass is 178 g/mol. The van der Waals surface area contributed by atoms with Crippen molar-refractivity contribution >= 4 is 0 Å². The van der Waals surface area contributed by atoms with E-state index >= 15 is 0 Å². The molecule has 4 heteroatoms. The molecular weight excluding hydrogens is 164 g/mol. The second-order valence-corrected chi connectivity index (χ2v) is 4.42. The first kappa shape index (κ1) is 7.50. The van der Waals surface area contributed by atoms with E-state index in [0.29, 0.717) is 6.04 Å². The van der Waals surface area contributed by atoms with E-state index in [9.17, 15) is 0 Å². The van der Waals surface area contributed by atoms with Crippen LogP contribution in [0, 0.1) is 0 Å². The van der Waals surface area contributed by atoms with Gasteiger partial charge in [-0.3, -0.25) is 0 Å². The lowest BCUT2D eigenvalue weighted by atomic mass is 10.2. The van der Waals surface area contributed by atoms with Gasteiger partial charge >= 0.3 is 0 Å². The Kier molecular flexibility index (Phi) is 1.34. The van der Waals surface area contributed by atoms with Gasteiger partial charge in [-0.15, -0.1) is 10.2 Å². The van der Waals surface area contributed by atoms with Gasteiger partial charge < -0.3 is 10.3 Å². The van der Waals surface area contributed by atoms with E-state index in [1.165, 1.54) is 12.8 Å². The maximum atomic E-state index is 6.05. The lowest BCUT2D eigenvalue weighted by Gasteiger charge is -2.08. The molecule has 1 heterocycles. The van der Waals surface area contributed by atoms with E-state index in [2.05, 4.69) is 14.8 Å². The van der Waals surface area contributed by atoms with E-state index in [1.54, 1.807) is 0 Å². The van der Waals surface area contributed by atoms with Crippen LogP contribution in [0.25, 0.3) is 0 Å². The molecule has 0 atom stereocenters. The molecule has 13 heavy (non-hydrogen) atoms. The predicted molar refractivity (Wildman–Crippen MR) is 48.1 cm³/mol. The van der Waals surface area contributed by atoms with Crippen LogP contribution in [0.15, 0.2) is 6.33 Å². The molecule has 0 aromatic carbocycles. The molecule has 4 nitrogen and oxygen atoms in total. The summed E-state index contributed by atoms with van der Waals surface area (Å²) in [6.45, 7) is 0. The van der Waals surface area contributed by atoms with Gasteiger partial charge in [0.2, 0.25) is 0 Å². The maximum Gasteiger partial charge on any atom is 0.134 e. The summed E-state index contributed by atoms with van der Waals surface area (Å²) in [5, 5.41) is 8.09. The molecule has 3 rings (SSSR count). The van der Waals surface area contributed by atoms with Crippen molar-refractivity contribution in [3.8, 4) is 0 Å². The minimum atomic E-state index is 0.0552. The molecule has 1 aromatic heterocycles. The second-order valence-electron chi connectivity index (χ2n) is 4.42. The lowest BCUT2D eigenvalue weighted by molar-refractivity contribution is 0.594. The Morgan fingerprint density at radius 2 is 2.31 bits per heavy atom. The van der Waals surface area contributed by atoms with Gasteiger partial charge in [-0.25, -0.2) is 0 Å². The second kappa shape index (κ2) is 2.32. The Morgan fingerprint density at radius 1 is 1.54 bits per heavy atom. The zero-order valence-electron chi connectivity index (χ0n) is 7.61. The molecule has 2 saturated carbocycles. The summed E-state index contributed by atoms with van der Waals surface area (Å²) in [4.78, 5) is 0. The molecule has 0 unspecified atom stereocenters. The number of rotatable bonds is 3. The van der Waals surface area contributed by atoms with Crippen LogP contribution in [0.2, 0.25) is 0 Å². The SMILES string of the molecule is NC1(Cc2nncn2C2CC2)CC1. The maximum absolute atomic E-state index is 6.05. The van der Waals surface area contributed by atoms with Crippen molar-refractivity contribution in [1.29, 1.82) is 0 Å². The van der Waals surface area contributed by atoms with Gasteiger partial charge in [0.05, 0.1) is 0 Å². The Labute approximate surface area is 77.1 Å². The molecule has 70 valence electrons. The summed E-state index contributed by atoms with van der Waals surface area (Å²) in [6.07, 6.45) is 7.60. The smallest absolute Gasteiger partial charge is 0.134 e. The molecule has 2 aliphatic rings. The van der Waals surface area contributed by atoms with Crippen LogP contribution in [-0.4, -0.2) is 20.3 Å². The molecule has 0 bridgehead atoms. The largest absolute Gasteiger partial charge is 0.325 e. The molecule has 0 amide bonds. The van der Waals surface area contributed by atoms with Crippen LogP contribution in [0.1, 0.15) is 37.5 Å². The third-order valence-electron chi connectivity index (χ3n) is 2.99. The van der Waals surface area contributed by atoms with Gasteiger partial charge in [-0.1, -0.05) is 0 Å². The van der Waals surface area contributed by atoms with Gasteiger partial charge in [0.25, 0.3) is 0 Å². The van der Waals surface area contributed by atoms with Crippen molar-refractivity contribution < 1.29 is 0 Å². The summed E-state index contributed by atoms with van der Waals surface area (Å²) in [6, 6.07) is 0.673. The van der Waals surface area contributed by atoms with E-state index in [1.807, 2.05) is 6.33 Å². The summed E-state index contributed by atoms with van der Waals surface area (Å²) >= 11 is 0. The first-order valence-electron chi connectivity index (χ1n) is 4.94. The summed E-state index contributed by atoms with van der Waals surface area (Å²) < 4.78 is 2.20. The summed E-state index contributed by atoms with van der Waals surface area (Å²) in [7, 11) is 0. The molecular formula is C9H14N4. The van der Waals surface area contributed by atoms with Gasteiger partial charge in [-0.2, -0.15) is 0 Å². The first-order valence-corrected chi connectivity index (χ1v) is 4.94. The fraction of sp³-hybridized carbons (Fsp3) is 0.778. The third-order valence-corrected chi connectivity index (χ3v) is 2.99. The van der Waals surface area contributed by atoms with Crippen LogP contribution in [0.5, 0.6) is 0 Å². The topological polar surface area (TPSA) is 56.7 Å². The van der Waals surface area contributed by atoms with Crippen molar-refractivity contribution in [3.63, 3.8) is 0 Å². The van der Waals surface area contributed by atoms with Crippen molar-refractivity contribution in [1.82, 2.24) is 14.8 Å². The fourth-order valence-corrected chi connectivity index (χ4v) is 1.70. The number of hydrogen-bond donors (Lipinski definition) is 1. The van der Waals surface area contributed by atoms with Crippen molar-refractivity contribution in [2.24, 2.45) is 5.73 Å². The zero-order chi connectivity index (χ0) is 8.89. The van der Waals surface area contributed by atoms with Crippen molar-refractivity contribution in [2.45, 2.75) is 43.7 Å². The number of hydrogen-bond acceptors (Lipinski definition) is 3. The third kappa shape index (κ3) is 1.35. The van der Waals surface area contributed by atoms with Gasteiger partial charge in [0.1, 0.15) is 12.2 Å². The zero-order valence-corrected chi connectivity index (χ0v) is 7.61.